The molecule has 2 aliphatic rings. The summed E-state index contributed by atoms with van der Waals surface area (Å²) in [5.41, 5.74) is 0.799. The number of rotatable bonds is 0. The van der Waals surface area contributed by atoms with Crippen LogP contribution in [0.4, 0.5) is 0 Å². The zero-order chi connectivity index (χ0) is 6.86. The van der Waals surface area contributed by atoms with Crippen molar-refractivity contribution < 1.29 is 0 Å². The van der Waals surface area contributed by atoms with Crippen molar-refractivity contribution in [3.8, 4) is 0 Å². The van der Waals surface area contributed by atoms with Crippen molar-refractivity contribution in [2.45, 2.75) is 32.1 Å². The quantitative estimate of drug-likeness (QED) is 0.517. The van der Waals surface area contributed by atoms with Gasteiger partial charge in [0.1, 0.15) is 0 Å². The highest BCUT2D eigenvalue weighted by molar-refractivity contribution is 8.77. The first-order chi connectivity index (χ1) is 4.91. The lowest BCUT2D eigenvalue weighted by atomic mass is 9.77. The molecular weight excluding hydrogens is 160 g/mol. The third kappa shape index (κ3) is 1.33. The fourth-order valence-corrected chi connectivity index (χ4v) is 5.54. The van der Waals surface area contributed by atoms with E-state index in [1.165, 1.54) is 43.6 Å². The third-order valence-electron chi connectivity index (χ3n) is 2.73. The van der Waals surface area contributed by atoms with Crippen molar-refractivity contribution in [2.75, 3.05) is 11.5 Å². The van der Waals surface area contributed by atoms with Crippen LogP contribution >= 0.6 is 21.6 Å². The Morgan fingerprint density at radius 3 is 2.00 bits per heavy atom. The summed E-state index contributed by atoms with van der Waals surface area (Å²) in [4.78, 5) is 0. The molecular formula is C8H14S2. The summed E-state index contributed by atoms with van der Waals surface area (Å²) in [5.74, 6) is 2.88. The molecule has 2 rings (SSSR count). The number of hydrogen-bond acceptors (Lipinski definition) is 2. The summed E-state index contributed by atoms with van der Waals surface area (Å²) in [6.45, 7) is 0. The smallest absolute Gasteiger partial charge is 0.0102 e. The van der Waals surface area contributed by atoms with Crippen molar-refractivity contribution in [3.63, 3.8) is 0 Å². The van der Waals surface area contributed by atoms with Gasteiger partial charge in [0.05, 0.1) is 0 Å². The molecule has 1 heterocycles. The minimum Gasteiger partial charge on any atom is -0.0935 e. The molecule has 0 aromatic carbocycles. The predicted molar refractivity (Wildman–Crippen MR) is 50.4 cm³/mol. The Labute approximate surface area is 70.9 Å². The Morgan fingerprint density at radius 2 is 1.40 bits per heavy atom. The van der Waals surface area contributed by atoms with Gasteiger partial charge in [0, 0.05) is 11.5 Å². The molecule has 58 valence electrons. The van der Waals surface area contributed by atoms with Gasteiger partial charge < -0.3 is 0 Å². The summed E-state index contributed by atoms with van der Waals surface area (Å²) < 4.78 is 0. The van der Waals surface area contributed by atoms with Gasteiger partial charge in [-0.25, -0.2) is 0 Å². The van der Waals surface area contributed by atoms with Crippen molar-refractivity contribution in [3.05, 3.63) is 0 Å². The molecule has 2 fully saturated rings. The summed E-state index contributed by atoms with van der Waals surface area (Å²) in [7, 11) is 4.19. The molecule has 0 unspecified atom stereocenters. The second kappa shape index (κ2) is 2.98. The Balaban J connectivity index is 1.98. The molecule has 1 aliphatic carbocycles. The molecule has 1 saturated heterocycles. The highest BCUT2D eigenvalue weighted by Crippen LogP contribution is 2.50. The molecule has 0 nitrogen and oxygen atoms in total. The van der Waals surface area contributed by atoms with E-state index in [4.69, 9.17) is 0 Å². The standard InChI is InChI=1S/C8H14S2/c1-2-4-8(5-3-1)6-9-10-7-8/h1-7H2. The molecule has 0 atom stereocenters. The molecule has 10 heavy (non-hydrogen) atoms. The second-order valence-corrected chi connectivity index (χ2v) is 6.05. The maximum atomic E-state index is 2.10. The number of hydrogen-bond donors (Lipinski definition) is 0. The Kier molecular flexibility index (Phi) is 2.19. The van der Waals surface area contributed by atoms with E-state index in [1.807, 2.05) is 0 Å². The Hall–Kier alpha value is 0.700. The maximum Gasteiger partial charge on any atom is 0.0102 e. The molecule has 1 spiro atoms. The van der Waals surface area contributed by atoms with E-state index in [0.717, 1.165) is 5.41 Å². The van der Waals surface area contributed by atoms with Crippen molar-refractivity contribution >= 4 is 21.6 Å². The minimum absolute atomic E-state index is 0.799. The van der Waals surface area contributed by atoms with Gasteiger partial charge in [0.2, 0.25) is 0 Å². The van der Waals surface area contributed by atoms with E-state index in [-0.39, 0.29) is 0 Å². The van der Waals surface area contributed by atoms with Crippen LogP contribution in [-0.2, 0) is 0 Å². The first-order valence-electron chi connectivity index (χ1n) is 4.16. The second-order valence-electron chi connectivity index (χ2n) is 3.59. The molecule has 0 bridgehead atoms. The van der Waals surface area contributed by atoms with Crippen LogP contribution in [0.15, 0.2) is 0 Å². The average Bonchev–Trinajstić information content (AvgIpc) is 2.39. The lowest BCUT2D eigenvalue weighted by molar-refractivity contribution is 0.261. The molecule has 1 aliphatic heterocycles. The highest BCUT2D eigenvalue weighted by atomic mass is 33.1. The Morgan fingerprint density at radius 1 is 0.800 bits per heavy atom. The van der Waals surface area contributed by atoms with Crippen molar-refractivity contribution in [1.82, 2.24) is 0 Å². The molecule has 0 N–H and O–H groups in total. The normalized spacial score (nSPS) is 31.2. The molecule has 0 aromatic heterocycles. The van der Waals surface area contributed by atoms with Crippen LogP contribution in [-0.4, -0.2) is 11.5 Å². The molecule has 0 aromatic rings. The fraction of sp³-hybridized carbons (Fsp3) is 1.00. The Bertz CT molecular complexity index is 108. The van der Waals surface area contributed by atoms with Gasteiger partial charge in [-0.05, 0) is 18.3 Å². The van der Waals surface area contributed by atoms with Crippen LogP contribution in [0, 0.1) is 5.41 Å². The predicted octanol–water partition coefficient (Wildman–Crippen LogP) is 3.33. The summed E-state index contributed by atoms with van der Waals surface area (Å²) in [6, 6.07) is 0. The SMILES string of the molecule is C1CCC2(CC1)CSSC2. The van der Waals surface area contributed by atoms with Crippen LogP contribution < -0.4 is 0 Å². The van der Waals surface area contributed by atoms with E-state index >= 15 is 0 Å². The van der Waals surface area contributed by atoms with E-state index in [9.17, 15) is 0 Å². The van der Waals surface area contributed by atoms with Crippen molar-refractivity contribution in [2.24, 2.45) is 5.41 Å². The van der Waals surface area contributed by atoms with Gasteiger partial charge in [-0.1, -0.05) is 40.9 Å². The van der Waals surface area contributed by atoms with Crippen molar-refractivity contribution in [1.29, 1.82) is 0 Å². The molecule has 0 amide bonds. The van der Waals surface area contributed by atoms with E-state index in [0.29, 0.717) is 0 Å². The van der Waals surface area contributed by atoms with E-state index in [2.05, 4.69) is 21.6 Å². The first-order valence-corrected chi connectivity index (χ1v) is 6.65. The third-order valence-corrected chi connectivity index (χ3v) is 5.56. The molecule has 0 radical (unpaired) electrons. The average molecular weight is 174 g/mol. The van der Waals surface area contributed by atoms with Crippen LogP contribution in [0.2, 0.25) is 0 Å². The zero-order valence-corrected chi connectivity index (χ0v) is 7.90. The lowest BCUT2D eigenvalue weighted by Crippen LogP contribution is -2.25. The summed E-state index contributed by atoms with van der Waals surface area (Å²) >= 11 is 0. The van der Waals surface area contributed by atoms with Gasteiger partial charge >= 0.3 is 0 Å². The van der Waals surface area contributed by atoms with Crippen LogP contribution in [0.5, 0.6) is 0 Å². The van der Waals surface area contributed by atoms with E-state index in [1.54, 1.807) is 0 Å². The monoisotopic (exact) mass is 174 g/mol. The van der Waals surface area contributed by atoms with Gasteiger partial charge in [-0.2, -0.15) is 0 Å². The minimum atomic E-state index is 0.799. The fourth-order valence-electron chi connectivity index (χ4n) is 1.97. The van der Waals surface area contributed by atoms with Crippen LogP contribution in [0.25, 0.3) is 0 Å². The first kappa shape index (κ1) is 7.35. The summed E-state index contributed by atoms with van der Waals surface area (Å²) in [5, 5.41) is 0. The maximum absolute atomic E-state index is 2.10. The van der Waals surface area contributed by atoms with Crippen LogP contribution in [0.3, 0.4) is 0 Å². The molecule has 2 heteroatoms. The van der Waals surface area contributed by atoms with Crippen LogP contribution in [0.1, 0.15) is 32.1 Å². The van der Waals surface area contributed by atoms with Gasteiger partial charge in [-0.15, -0.1) is 0 Å². The largest absolute Gasteiger partial charge is 0.0935 e. The molecule has 1 saturated carbocycles. The topological polar surface area (TPSA) is 0 Å². The highest BCUT2D eigenvalue weighted by Gasteiger charge is 2.35. The van der Waals surface area contributed by atoms with Gasteiger partial charge in [0.25, 0.3) is 0 Å². The zero-order valence-electron chi connectivity index (χ0n) is 6.27. The lowest BCUT2D eigenvalue weighted by Gasteiger charge is -2.31. The van der Waals surface area contributed by atoms with E-state index < -0.39 is 0 Å². The van der Waals surface area contributed by atoms with Gasteiger partial charge in [0.15, 0.2) is 0 Å². The summed E-state index contributed by atoms with van der Waals surface area (Å²) in [6.07, 6.45) is 7.54. The van der Waals surface area contributed by atoms with Gasteiger partial charge in [-0.3, -0.25) is 0 Å².